The summed E-state index contributed by atoms with van der Waals surface area (Å²) in [6.07, 6.45) is 6.29. The standard InChI is InChI=1S/C14H20N2O2/c1-11-10-13(7-8-15-11)16-9-3-2-4-12(16)5-6-14(17)18/h7-8,10,12H,2-6,9H2,1H3,(H,17,18). The lowest BCUT2D eigenvalue weighted by atomic mass is 9.97. The fourth-order valence-electron chi connectivity index (χ4n) is 2.64. The molecule has 1 aliphatic rings. The van der Waals surface area contributed by atoms with Crippen LogP contribution in [0, 0.1) is 6.92 Å². The Labute approximate surface area is 108 Å². The minimum absolute atomic E-state index is 0.255. The van der Waals surface area contributed by atoms with E-state index in [0.717, 1.165) is 25.1 Å². The quantitative estimate of drug-likeness (QED) is 0.890. The van der Waals surface area contributed by atoms with E-state index in [1.807, 2.05) is 19.2 Å². The van der Waals surface area contributed by atoms with Crippen molar-refractivity contribution in [2.75, 3.05) is 11.4 Å². The Hall–Kier alpha value is -1.58. The molecule has 1 N–H and O–H groups in total. The summed E-state index contributed by atoms with van der Waals surface area (Å²) >= 11 is 0. The Morgan fingerprint density at radius 2 is 2.39 bits per heavy atom. The third-order valence-corrected chi connectivity index (χ3v) is 3.53. The van der Waals surface area contributed by atoms with Gasteiger partial charge in [0.1, 0.15) is 0 Å². The number of nitrogens with zero attached hydrogens (tertiary/aromatic N) is 2. The Morgan fingerprint density at radius 1 is 1.56 bits per heavy atom. The van der Waals surface area contributed by atoms with Crippen LogP contribution in [-0.4, -0.2) is 28.6 Å². The summed E-state index contributed by atoms with van der Waals surface area (Å²) in [5.74, 6) is -0.702. The number of anilines is 1. The van der Waals surface area contributed by atoms with Gasteiger partial charge in [0.15, 0.2) is 0 Å². The van der Waals surface area contributed by atoms with E-state index in [4.69, 9.17) is 5.11 Å². The van der Waals surface area contributed by atoms with Crippen molar-refractivity contribution in [3.63, 3.8) is 0 Å². The van der Waals surface area contributed by atoms with Crippen LogP contribution in [0.5, 0.6) is 0 Å². The molecule has 0 aromatic carbocycles. The van der Waals surface area contributed by atoms with Crippen LogP contribution in [-0.2, 0) is 4.79 Å². The Kier molecular flexibility index (Phi) is 4.18. The zero-order chi connectivity index (χ0) is 13.0. The summed E-state index contributed by atoms with van der Waals surface area (Å²) in [5.41, 5.74) is 2.19. The van der Waals surface area contributed by atoms with Crippen molar-refractivity contribution < 1.29 is 9.90 Å². The number of hydrogen-bond donors (Lipinski definition) is 1. The number of carbonyl (C=O) groups is 1. The highest BCUT2D eigenvalue weighted by Crippen LogP contribution is 2.27. The minimum atomic E-state index is -0.702. The SMILES string of the molecule is Cc1cc(N2CCCCC2CCC(=O)O)ccn1. The predicted octanol–water partition coefficient (Wildman–Crippen LogP) is 2.61. The van der Waals surface area contributed by atoms with Gasteiger partial charge in [0, 0.05) is 36.6 Å². The van der Waals surface area contributed by atoms with Crippen molar-refractivity contribution in [1.82, 2.24) is 4.98 Å². The van der Waals surface area contributed by atoms with Crippen molar-refractivity contribution in [2.45, 2.75) is 45.1 Å². The first-order chi connectivity index (χ1) is 8.66. The molecule has 2 heterocycles. The van der Waals surface area contributed by atoms with Gasteiger partial charge in [-0.25, -0.2) is 0 Å². The summed E-state index contributed by atoms with van der Waals surface area (Å²) in [5, 5.41) is 8.82. The zero-order valence-corrected chi connectivity index (χ0v) is 10.8. The highest BCUT2D eigenvalue weighted by atomic mass is 16.4. The van der Waals surface area contributed by atoms with E-state index in [1.54, 1.807) is 0 Å². The van der Waals surface area contributed by atoms with Crippen LogP contribution in [0.25, 0.3) is 0 Å². The van der Waals surface area contributed by atoms with Gasteiger partial charge in [-0.05, 0) is 44.7 Å². The van der Waals surface area contributed by atoms with Crippen LogP contribution < -0.4 is 4.90 Å². The van der Waals surface area contributed by atoms with Crippen LogP contribution in [0.2, 0.25) is 0 Å². The molecule has 1 aliphatic heterocycles. The molecule has 0 aliphatic carbocycles. The highest BCUT2D eigenvalue weighted by Gasteiger charge is 2.23. The predicted molar refractivity (Wildman–Crippen MR) is 70.8 cm³/mol. The van der Waals surface area contributed by atoms with Crippen LogP contribution in [0.1, 0.15) is 37.8 Å². The van der Waals surface area contributed by atoms with Gasteiger partial charge >= 0.3 is 5.97 Å². The molecule has 1 aromatic heterocycles. The third-order valence-electron chi connectivity index (χ3n) is 3.53. The summed E-state index contributed by atoms with van der Waals surface area (Å²) in [6, 6.07) is 4.46. The van der Waals surface area contributed by atoms with Gasteiger partial charge in [-0.1, -0.05) is 0 Å². The number of rotatable bonds is 4. The second kappa shape index (κ2) is 5.85. The summed E-state index contributed by atoms with van der Waals surface area (Å²) in [7, 11) is 0. The molecule has 0 radical (unpaired) electrons. The van der Waals surface area contributed by atoms with Crippen molar-refractivity contribution >= 4 is 11.7 Å². The lowest BCUT2D eigenvalue weighted by molar-refractivity contribution is -0.137. The second-order valence-corrected chi connectivity index (χ2v) is 4.93. The van der Waals surface area contributed by atoms with E-state index in [2.05, 4.69) is 16.0 Å². The van der Waals surface area contributed by atoms with Gasteiger partial charge in [0.25, 0.3) is 0 Å². The van der Waals surface area contributed by atoms with E-state index in [0.29, 0.717) is 6.04 Å². The molecular weight excluding hydrogens is 228 g/mol. The van der Waals surface area contributed by atoms with Crippen molar-refractivity contribution in [2.24, 2.45) is 0 Å². The first kappa shape index (κ1) is 12.9. The van der Waals surface area contributed by atoms with E-state index >= 15 is 0 Å². The van der Waals surface area contributed by atoms with E-state index in [-0.39, 0.29) is 6.42 Å². The van der Waals surface area contributed by atoms with E-state index in [9.17, 15) is 4.79 Å². The molecule has 4 heteroatoms. The molecule has 2 rings (SSSR count). The Morgan fingerprint density at radius 3 is 3.11 bits per heavy atom. The molecule has 0 amide bonds. The van der Waals surface area contributed by atoms with Gasteiger partial charge in [-0.15, -0.1) is 0 Å². The van der Waals surface area contributed by atoms with Gasteiger partial charge in [-0.2, -0.15) is 0 Å². The fourth-order valence-corrected chi connectivity index (χ4v) is 2.64. The molecule has 1 saturated heterocycles. The largest absolute Gasteiger partial charge is 0.481 e. The smallest absolute Gasteiger partial charge is 0.303 e. The fraction of sp³-hybridized carbons (Fsp3) is 0.571. The zero-order valence-electron chi connectivity index (χ0n) is 10.8. The number of hydrogen-bond acceptors (Lipinski definition) is 3. The number of pyridine rings is 1. The van der Waals surface area contributed by atoms with Crippen LogP contribution in [0.15, 0.2) is 18.3 Å². The molecule has 4 nitrogen and oxygen atoms in total. The summed E-state index contributed by atoms with van der Waals surface area (Å²) < 4.78 is 0. The van der Waals surface area contributed by atoms with Crippen molar-refractivity contribution in [1.29, 1.82) is 0 Å². The first-order valence-electron chi connectivity index (χ1n) is 6.58. The number of carboxylic acids is 1. The molecule has 1 unspecified atom stereocenters. The lowest BCUT2D eigenvalue weighted by Gasteiger charge is -2.37. The number of aromatic nitrogens is 1. The molecule has 18 heavy (non-hydrogen) atoms. The van der Waals surface area contributed by atoms with E-state index in [1.165, 1.54) is 18.5 Å². The maximum Gasteiger partial charge on any atom is 0.303 e. The number of piperidine rings is 1. The minimum Gasteiger partial charge on any atom is -0.481 e. The van der Waals surface area contributed by atoms with Crippen LogP contribution >= 0.6 is 0 Å². The monoisotopic (exact) mass is 248 g/mol. The molecule has 1 fully saturated rings. The second-order valence-electron chi connectivity index (χ2n) is 4.93. The maximum absolute atomic E-state index is 10.7. The molecule has 1 aromatic rings. The van der Waals surface area contributed by atoms with Crippen molar-refractivity contribution in [3.05, 3.63) is 24.0 Å². The van der Waals surface area contributed by atoms with Gasteiger partial charge in [0.05, 0.1) is 0 Å². The third kappa shape index (κ3) is 3.22. The molecule has 0 spiro atoms. The molecule has 0 saturated carbocycles. The number of carboxylic acid groups (broad SMARTS) is 1. The van der Waals surface area contributed by atoms with Crippen LogP contribution in [0.4, 0.5) is 5.69 Å². The highest BCUT2D eigenvalue weighted by molar-refractivity contribution is 5.66. The van der Waals surface area contributed by atoms with Gasteiger partial charge in [0.2, 0.25) is 0 Å². The maximum atomic E-state index is 10.7. The first-order valence-corrected chi connectivity index (χ1v) is 6.58. The number of aliphatic carboxylic acids is 1. The Bertz CT molecular complexity index is 420. The number of aryl methyl sites for hydroxylation is 1. The van der Waals surface area contributed by atoms with Crippen molar-refractivity contribution in [3.8, 4) is 0 Å². The molecule has 1 atom stereocenters. The van der Waals surface area contributed by atoms with Crippen LogP contribution in [0.3, 0.4) is 0 Å². The van der Waals surface area contributed by atoms with Gasteiger partial charge in [-0.3, -0.25) is 9.78 Å². The van der Waals surface area contributed by atoms with E-state index < -0.39 is 5.97 Å². The van der Waals surface area contributed by atoms with Gasteiger partial charge < -0.3 is 10.0 Å². The summed E-state index contributed by atoms with van der Waals surface area (Å²) in [6.45, 7) is 3.01. The topological polar surface area (TPSA) is 53.4 Å². The summed E-state index contributed by atoms with van der Waals surface area (Å²) in [4.78, 5) is 17.3. The average molecular weight is 248 g/mol. The Balaban J connectivity index is 2.09. The lowest BCUT2D eigenvalue weighted by Crippen LogP contribution is -2.39. The molecular formula is C14H20N2O2. The molecule has 0 bridgehead atoms. The average Bonchev–Trinajstić information content (AvgIpc) is 2.36. The normalized spacial score (nSPS) is 19.8. The molecule has 98 valence electrons.